The maximum Gasteiger partial charge on any atom is 0.415 e. The lowest BCUT2D eigenvalue weighted by Crippen LogP contribution is -2.35. The molecule has 0 aliphatic carbocycles. The van der Waals surface area contributed by atoms with E-state index in [9.17, 15) is 9.59 Å². The molecule has 2 aromatic heterocycles. The third kappa shape index (κ3) is 3.64. The van der Waals surface area contributed by atoms with E-state index in [2.05, 4.69) is 10.1 Å². The highest BCUT2D eigenvalue weighted by atomic mass is 16.6. The van der Waals surface area contributed by atoms with Crippen LogP contribution in [0.25, 0.3) is 5.65 Å². The quantitative estimate of drug-likeness (QED) is 0.802. The standard InChI is InChI=1S/C16H22N4O4/c1-7-23-14(21)11-9-17-20-12(8-10(2)18-13(11)20)19(6)15(22)24-16(3,4)5/h8-9H,7H2,1-6H3. The van der Waals surface area contributed by atoms with E-state index >= 15 is 0 Å². The summed E-state index contributed by atoms with van der Waals surface area (Å²) < 4.78 is 11.8. The third-order valence-corrected chi connectivity index (χ3v) is 3.09. The Kier molecular flexibility index (Phi) is 4.77. The van der Waals surface area contributed by atoms with Crippen molar-refractivity contribution in [2.75, 3.05) is 18.6 Å². The molecule has 1 amide bonds. The minimum Gasteiger partial charge on any atom is -0.462 e. The first-order chi connectivity index (χ1) is 11.1. The molecule has 0 unspecified atom stereocenters. The fourth-order valence-corrected chi connectivity index (χ4v) is 2.08. The Hall–Kier alpha value is -2.64. The van der Waals surface area contributed by atoms with Crippen molar-refractivity contribution in [1.82, 2.24) is 14.6 Å². The minimum absolute atomic E-state index is 0.249. The van der Waals surface area contributed by atoms with Gasteiger partial charge in [-0.1, -0.05) is 0 Å². The van der Waals surface area contributed by atoms with Gasteiger partial charge in [-0.2, -0.15) is 9.61 Å². The summed E-state index contributed by atoms with van der Waals surface area (Å²) in [5.41, 5.74) is 0.601. The maximum atomic E-state index is 12.3. The lowest BCUT2D eigenvalue weighted by molar-refractivity contribution is 0.0527. The summed E-state index contributed by atoms with van der Waals surface area (Å²) in [4.78, 5) is 30.0. The number of rotatable bonds is 3. The summed E-state index contributed by atoms with van der Waals surface area (Å²) in [6, 6.07) is 1.69. The Morgan fingerprint density at radius 1 is 1.33 bits per heavy atom. The second-order valence-electron chi connectivity index (χ2n) is 6.31. The van der Waals surface area contributed by atoms with Gasteiger partial charge in [-0.25, -0.2) is 14.6 Å². The highest BCUT2D eigenvalue weighted by molar-refractivity contribution is 5.96. The summed E-state index contributed by atoms with van der Waals surface area (Å²) >= 11 is 0. The summed E-state index contributed by atoms with van der Waals surface area (Å²) in [6.45, 7) is 9.13. The first-order valence-electron chi connectivity index (χ1n) is 7.63. The topological polar surface area (TPSA) is 86.0 Å². The van der Waals surface area contributed by atoms with Gasteiger partial charge in [0.25, 0.3) is 0 Å². The molecule has 2 rings (SSSR count). The van der Waals surface area contributed by atoms with E-state index in [-0.39, 0.29) is 12.2 Å². The Balaban J connectivity index is 2.48. The molecule has 24 heavy (non-hydrogen) atoms. The van der Waals surface area contributed by atoms with Gasteiger partial charge in [0.1, 0.15) is 17.0 Å². The van der Waals surface area contributed by atoms with Gasteiger partial charge >= 0.3 is 12.1 Å². The van der Waals surface area contributed by atoms with Crippen LogP contribution in [0.5, 0.6) is 0 Å². The van der Waals surface area contributed by atoms with Gasteiger partial charge in [0.05, 0.1) is 12.8 Å². The fourth-order valence-electron chi connectivity index (χ4n) is 2.08. The summed E-state index contributed by atoms with van der Waals surface area (Å²) in [5, 5.41) is 4.17. The van der Waals surface area contributed by atoms with E-state index < -0.39 is 17.7 Å². The monoisotopic (exact) mass is 334 g/mol. The lowest BCUT2D eigenvalue weighted by atomic mass is 10.2. The number of ether oxygens (including phenoxy) is 2. The van der Waals surface area contributed by atoms with E-state index in [1.165, 1.54) is 15.6 Å². The molecule has 0 saturated heterocycles. The number of esters is 1. The molecule has 0 aromatic carbocycles. The van der Waals surface area contributed by atoms with Crippen molar-refractivity contribution in [3.63, 3.8) is 0 Å². The highest BCUT2D eigenvalue weighted by Gasteiger charge is 2.24. The molecule has 0 saturated carbocycles. The average molecular weight is 334 g/mol. The van der Waals surface area contributed by atoms with Crippen molar-refractivity contribution < 1.29 is 19.1 Å². The molecule has 8 heteroatoms. The van der Waals surface area contributed by atoms with Gasteiger partial charge in [0.15, 0.2) is 5.65 Å². The Labute approximate surface area is 140 Å². The second-order valence-corrected chi connectivity index (χ2v) is 6.31. The van der Waals surface area contributed by atoms with Crippen LogP contribution in [0.3, 0.4) is 0 Å². The van der Waals surface area contributed by atoms with E-state index in [1.807, 2.05) is 0 Å². The zero-order chi connectivity index (χ0) is 18.1. The molecule has 0 atom stereocenters. The number of nitrogens with zero attached hydrogens (tertiary/aromatic N) is 4. The first kappa shape index (κ1) is 17.7. The van der Waals surface area contributed by atoms with E-state index in [0.29, 0.717) is 17.2 Å². The average Bonchev–Trinajstić information content (AvgIpc) is 2.87. The predicted molar refractivity (Wildman–Crippen MR) is 88.3 cm³/mol. The van der Waals surface area contributed by atoms with Gasteiger partial charge in [0, 0.05) is 18.8 Å². The number of anilines is 1. The van der Waals surface area contributed by atoms with Crippen LogP contribution in [0.15, 0.2) is 12.3 Å². The normalized spacial score (nSPS) is 11.4. The molecule has 2 heterocycles. The van der Waals surface area contributed by atoms with Crippen molar-refractivity contribution >= 4 is 23.5 Å². The van der Waals surface area contributed by atoms with Crippen molar-refractivity contribution in [2.45, 2.75) is 40.2 Å². The predicted octanol–water partition coefficient (Wildman–Crippen LogP) is 2.59. The number of carbonyl (C=O) groups is 2. The Bertz CT molecular complexity index is 776. The van der Waals surface area contributed by atoms with Crippen LogP contribution in [0.2, 0.25) is 0 Å². The van der Waals surface area contributed by atoms with Crippen LogP contribution < -0.4 is 4.90 Å². The summed E-state index contributed by atoms with van der Waals surface area (Å²) in [7, 11) is 1.58. The van der Waals surface area contributed by atoms with Gasteiger partial charge < -0.3 is 9.47 Å². The second kappa shape index (κ2) is 6.46. The smallest absolute Gasteiger partial charge is 0.415 e. The molecule has 8 nitrogen and oxygen atoms in total. The van der Waals surface area contributed by atoms with Crippen LogP contribution in [0.1, 0.15) is 43.7 Å². The van der Waals surface area contributed by atoms with Crippen LogP contribution in [0.4, 0.5) is 10.6 Å². The first-order valence-corrected chi connectivity index (χ1v) is 7.63. The molecule has 0 spiro atoms. The third-order valence-electron chi connectivity index (χ3n) is 3.09. The number of fused-ring (bicyclic) bond motifs is 1. The summed E-state index contributed by atoms with van der Waals surface area (Å²) in [6.07, 6.45) is 0.856. The molecule has 130 valence electrons. The lowest BCUT2D eigenvalue weighted by Gasteiger charge is -2.25. The number of amides is 1. The molecule has 0 N–H and O–H groups in total. The molecular formula is C16H22N4O4. The fraction of sp³-hybridized carbons (Fsp3) is 0.500. The molecule has 0 bridgehead atoms. The Morgan fingerprint density at radius 2 is 2.00 bits per heavy atom. The Morgan fingerprint density at radius 3 is 2.58 bits per heavy atom. The molecule has 0 aliphatic heterocycles. The number of hydrogen-bond acceptors (Lipinski definition) is 6. The number of aryl methyl sites for hydroxylation is 1. The minimum atomic E-state index is -0.618. The van der Waals surface area contributed by atoms with Gasteiger partial charge in [-0.3, -0.25) is 4.90 Å². The zero-order valence-corrected chi connectivity index (χ0v) is 14.8. The summed E-state index contributed by atoms with van der Waals surface area (Å²) in [5.74, 6) is -0.0567. The van der Waals surface area contributed by atoms with Crippen LogP contribution in [0, 0.1) is 6.92 Å². The molecule has 0 aliphatic rings. The molecule has 0 radical (unpaired) electrons. The van der Waals surface area contributed by atoms with Crippen LogP contribution >= 0.6 is 0 Å². The van der Waals surface area contributed by atoms with Crippen LogP contribution in [-0.4, -0.2) is 45.9 Å². The van der Waals surface area contributed by atoms with E-state index in [4.69, 9.17) is 9.47 Å². The molecule has 2 aromatic rings. The van der Waals surface area contributed by atoms with Gasteiger partial charge in [-0.15, -0.1) is 0 Å². The van der Waals surface area contributed by atoms with Gasteiger partial charge in [0.2, 0.25) is 0 Å². The number of carbonyl (C=O) groups excluding carboxylic acids is 2. The number of hydrogen-bond donors (Lipinski definition) is 0. The van der Waals surface area contributed by atoms with Crippen molar-refractivity contribution in [3.8, 4) is 0 Å². The molecular weight excluding hydrogens is 312 g/mol. The SMILES string of the molecule is CCOC(=O)c1cnn2c(N(C)C(=O)OC(C)(C)C)cc(C)nc12. The van der Waals surface area contributed by atoms with Crippen molar-refractivity contribution in [2.24, 2.45) is 0 Å². The van der Waals surface area contributed by atoms with Crippen molar-refractivity contribution in [3.05, 3.63) is 23.5 Å². The molecule has 0 fully saturated rings. The highest BCUT2D eigenvalue weighted by Crippen LogP contribution is 2.21. The zero-order valence-electron chi connectivity index (χ0n) is 14.8. The largest absolute Gasteiger partial charge is 0.462 e. The maximum absolute atomic E-state index is 12.3. The van der Waals surface area contributed by atoms with Crippen molar-refractivity contribution in [1.29, 1.82) is 0 Å². The van der Waals surface area contributed by atoms with E-state index in [0.717, 1.165) is 0 Å². The van der Waals surface area contributed by atoms with Crippen LogP contribution in [-0.2, 0) is 9.47 Å². The van der Waals surface area contributed by atoms with Gasteiger partial charge in [-0.05, 0) is 34.6 Å². The number of aromatic nitrogens is 3. The van der Waals surface area contributed by atoms with E-state index in [1.54, 1.807) is 47.7 Å².